The third-order valence-corrected chi connectivity index (χ3v) is 2.64. The molecule has 0 aromatic heterocycles. The van der Waals surface area contributed by atoms with Gasteiger partial charge in [0, 0.05) is 12.6 Å². The first kappa shape index (κ1) is 12.4. The van der Waals surface area contributed by atoms with Gasteiger partial charge in [0.05, 0.1) is 12.5 Å². The second kappa shape index (κ2) is 5.40. The van der Waals surface area contributed by atoms with Crippen LogP contribution in [0, 0.1) is 12.3 Å². The molecule has 0 bridgehead atoms. The van der Waals surface area contributed by atoms with E-state index in [1.165, 1.54) is 0 Å². The van der Waals surface area contributed by atoms with Gasteiger partial charge in [-0.3, -0.25) is 4.79 Å². The van der Waals surface area contributed by atoms with Gasteiger partial charge in [0.2, 0.25) is 0 Å². The highest BCUT2D eigenvalue weighted by atomic mass is 16.4. The Balaban J connectivity index is 2.54. The minimum atomic E-state index is -0.880. The third kappa shape index (κ3) is 3.16. The van der Waals surface area contributed by atoms with E-state index in [0.717, 1.165) is 12.8 Å². The van der Waals surface area contributed by atoms with E-state index in [9.17, 15) is 9.59 Å². The number of amides is 2. The highest BCUT2D eigenvalue weighted by Gasteiger charge is 2.30. The molecule has 2 N–H and O–H groups in total. The average molecular weight is 224 g/mol. The molecule has 5 nitrogen and oxygen atoms in total. The van der Waals surface area contributed by atoms with E-state index in [-0.39, 0.29) is 24.5 Å². The maximum Gasteiger partial charge on any atom is 0.318 e. The van der Waals surface area contributed by atoms with Crippen LogP contribution in [0.5, 0.6) is 0 Å². The molecule has 2 atom stereocenters. The summed E-state index contributed by atoms with van der Waals surface area (Å²) in [6, 6.07) is -0.810. The van der Waals surface area contributed by atoms with E-state index in [1.807, 2.05) is 0 Å². The van der Waals surface area contributed by atoms with Crippen molar-refractivity contribution < 1.29 is 14.7 Å². The predicted molar refractivity (Wildman–Crippen MR) is 58.8 cm³/mol. The molecule has 0 aromatic rings. The van der Waals surface area contributed by atoms with Gasteiger partial charge >= 0.3 is 12.0 Å². The van der Waals surface area contributed by atoms with Crippen molar-refractivity contribution in [1.82, 2.24) is 10.2 Å². The van der Waals surface area contributed by atoms with Crippen LogP contribution in [0.15, 0.2) is 0 Å². The van der Waals surface area contributed by atoms with Crippen LogP contribution >= 0.6 is 0 Å². The number of nitrogens with zero attached hydrogens (tertiary/aromatic N) is 1. The normalized spacial score (nSPS) is 21.2. The number of urea groups is 1. The van der Waals surface area contributed by atoms with Gasteiger partial charge in [0.25, 0.3) is 0 Å². The lowest BCUT2D eigenvalue weighted by Gasteiger charge is -2.24. The monoisotopic (exact) mass is 224 g/mol. The molecule has 0 aromatic carbocycles. The third-order valence-electron chi connectivity index (χ3n) is 2.64. The Morgan fingerprint density at radius 1 is 1.69 bits per heavy atom. The molecule has 1 saturated heterocycles. The molecule has 1 fully saturated rings. The maximum absolute atomic E-state index is 11.7. The second-order valence-electron chi connectivity index (χ2n) is 3.93. The molecule has 1 heterocycles. The van der Waals surface area contributed by atoms with Gasteiger partial charge < -0.3 is 15.3 Å². The molecule has 5 heteroatoms. The lowest BCUT2D eigenvalue weighted by molar-refractivity contribution is -0.137. The molecule has 1 rings (SSSR count). The van der Waals surface area contributed by atoms with Crippen LogP contribution < -0.4 is 5.32 Å². The number of rotatable bonds is 3. The van der Waals surface area contributed by atoms with Gasteiger partial charge in [0.15, 0.2) is 0 Å². The van der Waals surface area contributed by atoms with Gasteiger partial charge in [0.1, 0.15) is 0 Å². The maximum atomic E-state index is 11.7. The van der Waals surface area contributed by atoms with Crippen LogP contribution in [-0.2, 0) is 4.79 Å². The summed E-state index contributed by atoms with van der Waals surface area (Å²) in [5.74, 6) is 1.52. The van der Waals surface area contributed by atoms with Crippen molar-refractivity contribution in [1.29, 1.82) is 0 Å². The van der Waals surface area contributed by atoms with E-state index in [2.05, 4.69) is 11.2 Å². The number of terminal acetylenes is 1. The molecule has 0 aliphatic carbocycles. The minimum absolute atomic E-state index is 0.00213. The van der Waals surface area contributed by atoms with Crippen LogP contribution in [0.1, 0.15) is 26.2 Å². The summed E-state index contributed by atoms with van der Waals surface area (Å²) >= 11 is 0. The first-order valence-electron chi connectivity index (χ1n) is 5.29. The largest absolute Gasteiger partial charge is 0.481 e. The Bertz CT molecular complexity index is 322. The summed E-state index contributed by atoms with van der Waals surface area (Å²) in [5.41, 5.74) is 0. The van der Waals surface area contributed by atoms with Crippen LogP contribution in [-0.4, -0.2) is 40.6 Å². The SMILES string of the molecule is C#CC(C)NC(=O)N1CCCC1CC(=O)O. The van der Waals surface area contributed by atoms with Crippen LogP contribution in [0.2, 0.25) is 0 Å². The average Bonchev–Trinajstić information content (AvgIpc) is 2.64. The van der Waals surface area contributed by atoms with E-state index >= 15 is 0 Å². The topological polar surface area (TPSA) is 69.6 Å². The van der Waals surface area contributed by atoms with Crippen molar-refractivity contribution in [3.8, 4) is 12.3 Å². The Hall–Kier alpha value is -1.70. The number of hydrogen-bond donors (Lipinski definition) is 2. The molecule has 88 valence electrons. The van der Waals surface area contributed by atoms with Gasteiger partial charge in [-0.15, -0.1) is 6.42 Å². The number of carbonyl (C=O) groups is 2. The number of carboxylic acids is 1. The van der Waals surface area contributed by atoms with Gasteiger partial charge in [-0.1, -0.05) is 5.92 Å². The van der Waals surface area contributed by atoms with E-state index in [4.69, 9.17) is 11.5 Å². The summed E-state index contributed by atoms with van der Waals surface area (Å²) in [6.07, 6.45) is 6.74. The fourth-order valence-corrected chi connectivity index (χ4v) is 1.83. The number of aliphatic carboxylic acids is 1. The van der Waals surface area contributed by atoms with E-state index in [0.29, 0.717) is 6.54 Å². The minimum Gasteiger partial charge on any atom is -0.481 e. The van der Waals surface area contributed by atoms with Crippen molar-refractivity contribution in [2.45, 2.75) is 38.3 Å². The quantitative estimate of drug-likeness (QED) is 0.692. The first-order valence-corrected chi connectivity index (χ1v) is 5.29. The zero-order valence-electron chi connectivity index (χ0n) is 9.27. The summed E-state index contributed by atoms with van der Waals surface area (Å²) in [5, 5.41) is 11.3. The Kier molecular flexibility index (Phi) is 4.18. The summed E-state index contributed by atoms with van der Waals surface area (Å²) < 4.78 is 0. The van der Waals surface area contributed by atoms with Crippen LogP contribution in [0.4, 0.5) is 4.79 Å². The molecular weight excluding hydrogens is 208 g/mol. The number of hydrogen-bond acceptors (Lipinski definition) is 2. The van der Waals surface area contributed by atoms with Crippen molar-refractivity contribution in [3.05, 3.63) is 0 Å². The van der Waals surface area contributed by atoms with Gasteiger partial charge in [-0.2, -0.15) is 0 Å². The van der Waals surface area contributed by atoms with Crippen molar-refractivity contribution in [2.24, 2.45) is 0 Å². The molecule has 2 amide bonds. The molecule has 1 aliphatic heterocycles. The number of carboxylic acid groups (broad SMARTS) is 1. The Morgan fingerprint density at radius 2 is 2.38 bits per heavy atom. The standard InChI is InChI=1S/C11H16N2O3/c1-3-8(2)12-11(16)13-6-4-5-9(13)7-10(14)15/h1,8-9H,4-7H2,2H3,(H,12,16)(H,14,15). The van der Waals surface area contributed by atoms with Gasteiger partial charge in [-0.05, 0) is 19.8 Å². The summed E-state index contributed by atoms with van der Waals surface area (Å²) in [6.45, 7) is 2.31. The molecule has 1 aliphatic rings. The molecule has 0 radical (unpaired) electrons. The molecule has 0 spiro atoms. The Morgan fingerprint density at radius 3 is 2.94 bits per heavy atom. The fraction of sp³-hybridized carbons (Fsp3) is 0.636. The summed E-state index contributed by atoms with van der Waals surface area (Å²) in [4.78, 5) is 23.9. The lowest BCUT2D eigenvalue weighted by Crippen LogP contribution is -2.46. The van der Waals surface area contributed by atoms with Crippen LogP contribution in [0.3, 0.4) is 0 Å². The zero-order chi connectivity index (χ0) is 12.1. The molecule has 16 heavy (non-hydrogen) atoms. The molecule has 0 saturated carbocycles. The second-order valence-corrected chi connectivity index (χ2v) is 3.93. The van der Waals surface area contributed by atoms with Crippen molar-refractivity contribution in [2.75, 3.05) is 6.54 Å². The fourth-order valence-electron chi connectivity index (χ4n) is 1.83. The highest BCUT2D eigenvalue weighted by Crippen LogP contribution is 2.20. The molecular formula is C11H16N2O3. The number of likely N-dealkylation sites (tertiary alicyclic amines) is 1. The molecule has 2 unspecified atom stereocenters. The predicted octanol–water partition coefficient (Wildman–Crippen LogP) is 0.657. The number of nitrogens with one attached hydrogen (secondary N) is 1. The lowest BCUT2D eigenvalue weighted by atomic mass is 10.1. The number of carbonyl (C=O) groups excluding carboxylic acids is 1. The van der Waals surface area contributed by atoms with Gasteiger partial charge in [-0.25, -0.2) is 4.79 Å². The first-order chi connectivity index (χ1) is 7.54. The summed E-state index contributed by atoms with van der Waals surface area (Å²) in [7, 11) is 0. The Labute approximate surface area is 94.8 Å². The van der Waals surface area contributed by atoms with Crippen LogP contribution in [0.25, 0.3) is 0 Å². The van der Waals surface area contributed by atoms with Crippen molar-refractivity contribution in [3.63, 3.8) is 0 Å². The smallest absolute Gasteiger partial charge is 0.318 e. The van der Waals surface area contributed by atoms with E-state index in [1.54, 1.807) is 11.8 Å². The zero-order valence-corrected chi connectivity index (χ0v) is 9.27. The van der Waals surface area contributed by atoms with Crippen molar-refractivity contribution >= 4 is 12.0 Å². The highest BCUT2D eigenvalue weighted by molar-refractivity contribution is 5.77. The van der Waals surface area contributed by atoms with E-state index < -0.39 is 5.97 Å².